The first kappa shape index (κ1) is 9.86. The zero-order chi connectivity index (χ0) is 11.5. The van der Waals surface area contributed by atoms with Gasteiger partial charge < -0.3 is 5.73 Å². The van der Waals surface area contributed by atoms with Crippen molar-refractivity contribution in [2.24, 2.45) is 5.73 Å². The second kappa shape index (κ2) is 3.82. The smallest absolute Gasteiger partial charge is 0.251 e. The highest BCUT2D eigenvalue weighted by atomic mass is 16.1. The summed E-state index contributed by atoms with van der Waals surface area (Å²) in [5, 5.41) is 12.5. The number of carbonyl (C=O) groups is 1. The highest BCUT2D eigenvalue weighted by Crippen LogP contribution is 2.07. The first-order valence-electron chi connectivity index (χ1n) is 4.41. The second-order valence-electron chi connectivity index (χ2n) is 3.05. The molecule has 0 aromatic carbocycles. The van der Waals surface area contributed by atoms with Gasteiger partial charge in [-0.2, -0.15) is 10.4 Å². The van der Waals surface area contributed by atoms with E-state index in [1.165, 1.54) is 23.3 Å². The van der Waals surface area contributed by atoms with E-state index in [2.05, 4.69) is 10.1 Å². The first-order valence-corrected chi connectivity index (χ1v) is 4.41. The van der Waals surface area contributed by atoms with Crippen LogP contribution in [0.2, 0.25) is 0 Å². The monoisotopic (exact) mass is 213 g/mol. The Labute approximate surface area is 90.9 Å². The Balaban J connectivity index is 2.36. The van der Waals surface area contributed by atoms with E-state index in [9.17, 15) is 4.79 Å². The summed E-state index contributed by atoms with van der Waals surface area (Å²) in [5.74, 6) is -0.534. The highest BCUT2D eigenvalue weighted by molar-refractivity contribution is 5.92. The van der Waals surface area contributed by atoms with Crippen LogP contribution in [-0.2, 0) is 0 Å². The van der Waals surface area contributed by atoms with Gasteiger partial charge in [-0.15, -0.1) is 0 Å². The molecule has 2 aromatic heterocycles. The Kier molecular flexibility index (Phi) is 2.36. The average Bonchev–Trinajstić information content (AvgIpc) is 2.78. The highest BCUT2D eigenvalue weighted by Gasteiger charge is 2.05. The average molecular weight is 213 g/mol. The Morgan fingerprint density at radius 3 is 2.75 bits per heavy atom. The summed E-state index contributed by atoms with van der Waals surface area (Å²) < 4.78 is 1.47. The van der Waals surface area contributed by atoms with Crippen molar-refractivity contribution in [3.8, 4) is 11.8 Å². The Bertz CT molecular complexity index is 564. The minimum absolute atomic E-state index is 0.323. The number of aromatic nitrogens is 3. The van der Waals surface area contributed by atoms with Crippen LogP contribution in [0.3, 0.4) is 0 Å². The Morgan fingerprint density at radius 1 is 1.44 bits per heavy atom. The van der Waals surface area contributed by atoms with Gasteiger partial charge in [-0.3, -0.25) is 4.79 Å². The van der Waals surface area contributed by atoms with Gasteiger partial charge >= 0.3 is 0 Å². The van der Waals surface area contributed by atoms with E-state index in [1.54, 1.807) is 12.1 Å². The molecule has 0 atom stereocenters. The summed E-state index contributed by atoms with van der Waals surface area (Å²) in [6.45, 7) is 0. The maximum Gasteiger partial charge on any atom is 0.251 e. The molecule has 0 aliphatic carbocycles. The Morgan fingerprint density at radius 2 is 2.25 bits per heavy atom. The molecule has 1 amide bonds. The lowest BCUT2D eigenvalue weighted by atomic mass is 10.3. The molecule has 0 aliphatic rings. The number of pyridine rings is 1. The van der Waals surface area contributed by atoms with Crippen molar-refractivity contribution >= 4 is 5.91 Å². The van der Waals surface area contributed by atoms with Crippen molar-refractivity contribution in [3.05, 3.63) is 42.0 Å². The van der Waals surface area contributed by atoms with Crippen LogP contribution in [0.1, 0.15) is 16.1 Å². The molecule has 2 rings (SSSR count). The van der Waals surface area contributed by atoms with Crippen LogP contribution in [0.15, 0.2) is 30.7 Å². The normalized spacial score (nSPS) is 9.69. The molecule has 0 saturated heterocycles. The molecule has 0 spiro atoms. The number of hydrogen-bond acceptors (Lipinski definition) is 4. The molecule has 0 unspecified atom stereocenters. The number of carbonyl (C=O) groups excluding carboxylic acids is 1. The van der Waals surface area contributed by atoms with Crippen LogP contribution in [-0.4, -0.2) is 20.7 Å². The molecule has 78 valence electrons. The topological polar surface area (TPSA) is 97.6 Å². The molecule has 2 aromatic rings. The predicted octanol–water partition coefficient (Wildman–Crippen LogP) is 0.238. The third kappa shape index (κ3) is 1.74. The molecule has 0 fully saturated rings. The summed E-state index contributed by atoms with van der Waals surface area (Å²) in [4.78, 5) is 14.7. The summed E-state index contributed by atoms with van der Waals surface area (Å²) in [6, 6.07) is 5.17. The van der Waals surface area contributed by atoms with Crippen LogP contribution >= 0.6 is 0 Å². The van der Waals surface area contributed by atoms with Gasteiger partial charge in [0.1, 0.15) is 11.8 Å². The molecule has 0 radical (unpaired) electrons. The van der Waals surface area contributed by atoms with Crippen molar-refractivity contribution < 1.29 is 4.79 Å². The van der Waals surface area contributed by atoms with E-state index in [-0.39, 0.29) is 0 Å². The van der Waals surface area contributed by atoms with Crippen LogP contribution in [0.25, 0.3) is 5.69 Å². The third-order valence-electron chi connectivity index (χ3n) is 1.99. The molecule has 0 saturated carbocycles. The van der Waals surface area contributed by atoms with Crippen LogP contribution in [0, 0.1) is 11.3 Å². The lowest BCUT2D eigenvalue weighted by Gasteiger charge is -1.98. The molecule has 2 N–H and O–H groups in total. The molecular weight excluding hydrogens is 206 g/mol. The number of nitrogens with zero attached hydrogens (tertiary/aromatic N) is 4. The van der Waals surface area contributed by atoms with Crippen LogP contribution in [0.5, 0.6) is 0 Å². The number of hydrogen-bond donors (Lipinski definition) is 1. The fraction of sp³-hybridized carbons (Fsp3) is 0. The maximum absolute atomic E-state index is 10.9. The molecule has 0 aliphatic heterocycles. The second-order valence-corrected chi connectivity index (χ2v) is 3.05. The summed E-state index contributed by atoms with van der Waals surface area (Å²) in [5.41, 5.74) is 6.41. The minimum Gasteiger partial charge on any atom is -0.366 e. The lowest BCUT2D eigenvalue weighted by molar-refractivity contribution is 0.100. The van der Waals surface area contributed by atoms with E-state index in [1.807, 2.05) is 6.07 Å². The van der Waals surface area contributed by atoms with E-state index in [0.717, 1.165) is 0 Å². The summed E-state index contributed by atoms with van der Waals surface area (Å²) in [6.07, 6.45) is 4.38. The number of nitriles is 1. The molecule has 0 bridgehead atoms. The quantitative estimate of drug-likeness (QED) is 0.772. The lowest BCUT2D eigenvalue weighted by Crippen LogP contribution is -2.09. The molecule has 6 nitrogen and oxygen atoms in total. The summed E-state index contributed by atoms with van der Waals surface area (Å²) in [7, 11) is 0. The number of nitrogens with two attached hydrogens (primary N) is 1. The van der Waals surface area contributed by atoms with Gasteiger partial charge in [0.05, 0.1) is 23.6 Å². The SMILES string of the molecule is N#Cc1ccc(-n2cc(C(N)=O)cn2)cn1. The van der Waals surface area contributed by atoms with E-state index in [0.29, 0.717) is 16.9 Å². The van der Waals surface area contributed by atoms with Crippen LogP contribution < -0.4 is 5.73 Å². The first-order chi connectivity index (χ1) is 7.70. The Hall–Kier alpha value is -2.68. The fourth-order valence-corrected chi connectivity index (χ4v) is 1.18. The van der Waals surface area contributed by atoms with Gasteiger partial charge in [-0.25, -0.2) is 9.67 Å². The van der Waals surface area contributed by atoms with Gasteiger partial charge in [0.25, 0.3) is 5.91 Å². The van der Waals surface area contributed by atoms with Gasteiger partial charge in [-0.1, -0.05) is 0 Å². The van der Waals surface area contributed by atoms with Gasteiger partial charge in [0.15, 0.2) is 0 Å². The molecule has 2 heterocycles. The molecular formula is C10H7N5O. The van der Waals surface area contributed by atoms with E-state index < -0.39 is 5.91 Å². The van der Waals surface area contributed by atoms with Crippen molar-refractivity contribution in [2.45, 2.75) is 0 Å². The van der Waals surface area contributed by atoms with Gasteiger partial charge in [0.2, 0.25) is 0 Å². The van der Waals surface area contributed by atoms with Gasteiger partial charge in [-0.05, 0) is 12.1 Å². The zero-order valence-corrected chi connectivity index (χ0v) is 8.16. The van der Waals surface area contributed by atoms with E-state index >= 15 is 0 Å². The van der Waals surface area contributed by atoms with Gasteiger partial charge in [0, 0.05) is 6.20 Å². The van der Waals surface area contributed by atoms with Crippen LogP contribution in [0.4, 0.5) is 0 Å². The zero-order valence-electron chi connectivity index (χ0n) is 8.16. The van der Waals surface area contributed by atoms with Crippen molar-refractivity contribution in [1.29, 1.82) is 5.26 Å². The predicted molar refractivity (Wildman–Crippen MR) is 54.6 cm³/mol. The maximum atomic E-state index is 10.9. The third-order valence-corrected chi connectivity index (χ3v) is 1.99. The molecule has 6 heteroatoms. The van der Waals surface area contributed by atoms with E-state index in [4.69, 9.17) is 11.0 Å². The summed E-state index contributed by atoms with van der Waals surface area (Å²) >= 11 is 0. The van der Waals surface area contributed by atoms with Crippen molar-refractivity contribution in [1.82, 2.24) is 14.8 Å². The van der Waals surface area contributed by atoms with Crippen molar-refractivity contribution in [2.75, 3.05) is 0 Å². The standard InChI is InChI=1S/C10H7N5O/c11-3-8-1-2-9(5-13-8)15-6-7(4-14-15)10(12)16/h1-2,4-6H,(H2,12,16). The number of amides is 1. The number of primary amides is 1. The fourth-order valence-electron chi connectivity index (χ4n) is 1.18. The number of rotatable bonds is 2. The minimum atomic E-state index is -0.534. The molecule has 16 heavy (non-hydrogen) atoms. The van der Waals surface area contributed by atoms with Crippen molar-refractivity contribution in [3.63, 3.8) is 0 Å². The largest absolute Gasteiger partial charge is 0.366 e.